The maximum absolute atomic E-state index is 14.9. The first-order valence-electron chi connectivity index (χ1n) is 8.74. The van der Waals surface area contributed by atoms with Gasteiger partial charge in [-0.25, -0.2) is 8.78 Å². The van der Waals surface area contributed by atoms with Gasteiger partial charge in [0.2, 0.25) is 0 Å². The molecule has 2 aliphatic heterocycles. The standard InChI is InChI=1S/C20H17ClF2N2O3/c1-10(26)18-13-8-12(14(21)9-17(13)24-20(18)27)19-15(22)6-11(7-16(19)23)25-2-4-28-5-3-25/h6-9,26H,2-5H2,1H3,(H,24,27)/b18-10+. The smallest absolute Gasteiger partial charge is 0.259 e. The number of amides is 1. The van der Waals surface area contributed by atoms with Crippen LogP contribution in [0.5, 0.6) is 0 Å². The Kier molecular flexibility index (Phi) is 4.72. The third kappa shape index (κ3) is 3.10. The first kappa shape index (κ1) is 18.7. The van der Waals surface area contributed by atoms with Crippen LogP contribution >= 0.6 is 11.6 Å². The molecule has 1 amide bonds. The van der Waals surface area contributed by atoms with Gasteiger partial charge in [0.15, 0.2) is 0 Å². The molecule has 2 aromatic rings. The molecule has 0 aromatic heterocycles. The molecule has 2 N–H and O–H groups in total. The van der Waals surface area contributed by atoms with Crippen molar-refractivity contribution in [2.45, 2.75) is 6.92 Å². The number of hydrogen-bond donors (Lipinski definition) is 2. The molecule has 1 saturated heterocycles. The largest absolute Gasteiger partial charge is 0.512 e. The molecule has 2 heterocycles. The number of carbonyl (C=O) groups is 1. The van der Waals surface area contributed by atoms with Gasteiger partial charge in [0.05, 0.1) is 35.1 Å². The molecule has 0 bridgehead atoms. The van der Waals surface area contributed by atoms with Crippen LogP contribution in [0.1, 0.15) is 12.5 Å². The number of aliphatic hydroxyl groups is 1. The monoisotopic (exact) mass is 406 g/mol. The van der Waals surface area contributed by atoms with Crippen molar-refractivity contribution in [2.24, 2.45) is 0 Å². The van der Waals surface area contributed by atoms with Crippen LogP contribution in [-0.4, -0.2) is 37.3 Å². The predicted octanol–water partition coefficient (Wildman–Crippen LogP) is 4.36. The molecular formula is C20H17ClF2N2O3. The van der Waals surface area contributed by atoms with Crippen LogP contribution in [0.4, 0.5) is 20.2 Å². The van der Waals surface area contributed by atoms with E-state index in [9.17, 15) is 18.7 Å². The van der Waals surface area contributed by atoms with E-state index in [-0.39, 0.29) is 27.5 Å². The van der Waals surface area contributed by atoms with Crippen molar-refractivity contribution in [3.8, 4) is 11.1 Å². The zero-order chi connectivity index (χ0) is 20.0. The highest BCUT2D eigenvalue weighted by atomic mass is 35.5. The minimum absolute atomic E-state index is 0.0543. The van der Waals surface area contributed by atoms with E-state index in [0.717, 1.165) is 0 Å². The SMILES string of the molecule is C/C(O)=C1\C(=O)Nc2cc(Cl)c(-c3c(F)cc(N4CCOCC4)cc3F)cc21. The van der Waals surface area contributed by atoms with E-state index in [1.54, 1.807) is 0 Å². The highest BCUT2D eigenvalue weighted by molar-refractivity contribution is 6.36. The summed E-state index contributed by atoms with van der Waals surface area (Å²) in [4.78, 5) is 13.9. The quantitative estimate of drug-likeness (QED) is 0.574. The van der Waals surface area contributed by atoms with Gasteiger partial charge >= 0.3 is 0 Å². The molecule has 0 spiro atoms. The maximum Gasteiger partial charge on any atom is 0.259 e. The van der Waals surface area contributed by atoms with Crippen LogP contribution in [0.3, 0.4) is 0 Å². The van der Waals surface area contributed by atoms with Crippen molar-refractivity contribution >= 4 is 34.5 Å². The van der Waals surface area contributed by atoms with E-state index in [2.05, 4.69) is 5.32 Å². The Morgan fingerprint density at radius 1 is 1.14 bits per heavy atom. The van der Waals surface area contributed by atoms with Gasteiger partial charge in [-0.05, 0) is 31.2 Å². The fourth-order valence-electron chi connectivity index (χ4n) is 3.56. The normalized spacial score (nSPS) is 18.1. The molecule has 0 radical (unpaired) electrons. The van der Waals surface area contributed by atoms with Crippen LogP contribution < -0.4 is 10.2 Å². The van der Waals surface area contributed by atoms with E-state index in [1.807, 2.05) is 4.90 Å². The Labute approximate surface area is 165 Å². The Morgan fingerprint density at radius 3 is 2.39 bits per heavy atom. The minimum Gasteiger partial charge on any atom is -0.512 e. The fourth-order valence-corrected chi connectivity index (χ4v) is 3.82. The molecule has 146 valence electrons. The van der Waals surface area contributed by atoms with Crippen LogP contribution in [0.25, 0.3) is 16.7 Å². The molecule has 0 saturated carbocycles. The van der Waals surface area contributed by atoms with Crippen molar-refractivity contribution in [2.75, 3.05) is 36.5 Å². The third-order valence-electron chi connectivity index (χ3n) is 4.89. The lowest BCUT2D eigenvalue weighted by molar-refractivity contribution is -0.110. The number of rotatable bonds is 2. The molecule has 8 heteroatoms. The number of allylic oxidation sites excluding steroid dienone is 1. The van der Waals surface area contributed by atoms with E-state index >= 15 is 0 Å². The Hall–Kier alpha value is -2.64. The zero-order valence-corrected chi connectivity index (χ0v) is 15.7. The summed E-state index contributed by atoms with van der Waals surface area (Å²) in [6.07, 6.45) is 0. The maximum atomic E-state index is 14.9. The number of nitrogens with one attached hydrogen (secondary N) is 1. The predicted molar refractivity (Wildman–Crippen MR) is 104 cm³/mol. The number of morpholine rings is 1. The number of aliphatic hydroxyl groups excluding tert-OH is 1. The minimum atomic E-state index is -0.758. The van der Waals surface area contributed by atoms with Gasteiger partial charge in [-0.1, -0.05) is 11.6 Å². The molecule has 0 atom stereocenters. The van der Waals surface area contributed by atoms with Gasteiger partial charge in [0, 0.05) is 29.9 Å². The van der Waals surface area contributed by atoms with Crippen molar-refractivity contribution < 1.29 is 23.4 Å². The summed E-state index contributed by atoms with van der Waals surface area (Å²) in [5.41, 5.74) is 1.05. The van der Waals surface area contributed by atoms with Crippen molar-refractivity contribution in [1.82, 2.24) is 0 Å². The zero-order valence-electron chi connectivity index (χ0n) is 15.0. The summed E-state index contributed by atoms with van der Waals surface area (Å²) in [5.74, 6) is -2.20. The average molecular weight is 407 g/mol. The topological polar surface area (TPSA) is 61.8 Å². The summed E-state index contributed by atoms with van der Waals surface area (Å²) >= 11 is 6.26. The van der Waals surface area contributed by atoms with Gasteiger partial charge in [0.25, 0.3) is 5.91 Å². The number of nitrogens with zero attached hydrogens (tertiary/aromatic N) is 1. The Balaban J connectivity index is 1.82. The van der Waals surface area contributed by atoms with Crippen LogP contribution in [0, 0.1) is 11.6 Å². The molecule has 28 heavy (non-hydrogen) atoms. The number of halogens is 3. The van der Waals surface area contributed by atoms with Crippen LogP contribution in [-0.2, 0) is 9.53 Å². The Bertz CT molecular complexity index is 990. The van der Waals surface area contributed by atoms with Gasteiger partial charge in [-0.2, -0.15) is 0 Å². The van der Waals surface area contributed by atoms with Gasteiger partial charge in [0.1, 0.15) is 17.4 Å². The van der Waals surface area contributed by atoms with Crippen molar-refractivity contribution in [1.29, 1.82) is 0 Å². The second-order valence-corrected chi connectivity index (χ2v) is 7.08. The first-order valence-corrected chi connectivity index (χ1v) is 9.12. The number of carbonyl (C=O) groups excluding carboxylic acids is 1. The molecule has 0 aliphatic carbocycles. The third-order valence-corrected chi connectivity index (χ3v) is 5.20. The summed E-state index contributed by atoms with van der Waals surface area (Å²) in [7, 11) is 0. The second-order valence-electron chi connectivity index (χ2n) is 6.68. The lowest BCUT2D eigenvalue weighted by atomic mass is 9.97. The molecule has 5 nitrogen and oxygen atoms in total. The van der Waals surface area contributed by atoms with E-state index in [0.29, 0.717) is 43.2 Å². The van der Waals surface area contributed by atoms with Gasteiger partial charge in [-0.15, -0.1) is 0 Å². The number of fused-ring (bicyclic) bond motifs is 1. The van der Waals surface area contributed by atoms with E-state index in [1.165, 1.54) is 31.2 Å². The van der Waals surface area contributed by atoms with Crippen LogP contribution in [0.2, 0.25) is 5.02 Å². The lowest BCUT2D eigenvalue weighted by Gasteiger charge is -2.29. The van der Waals surface area contributed by atoms with Crippen molar-refractivity contribution in [3.05, 3.63) is 52.2 Å². The summed E-state index contributed by atoms with van der Waals surface area (Å²) < 4.78 is 35.1. The van der Waals surface area contributed by atoms with E-state index in [4.69, 9.17) is 16.3 Å². The van der Waals surface area contributed by atoms with Gasteiger partial charge in [-0.3, -0.25) is 4.79 Å². The Morgan fingerprint density at radius 2 is 1.79 bits per heavy atom. The molecule has 2 aliphatic rings. The van der Waals surface area contributed by atoms with Gasteiger partial charge < -0.3 is 20.1 Å². The second kappa shape index (κ2) is 7.07. The van der Waals surface area contributed by atoms with E-state index < -0.39 is 17.5 Å². The summed E-state index contributed by atoms with van der Waals surface area (Å²) in [5, 5.41) is 12.5. The molecule has 1 fully saturated rings. The molecule has 0 unspecified atom stereocenters. The highest BCUT2D eigenvalue weighted by Gasteiger charge is 2.29. The molecule has 4 rings (SSSR count). The first-order chi connectivity index (χ1) is 13.4. The molecule has 2 aromatic carbocycles. The van der Waals surface area contributed by atoms with Crippen LogP contribution in [0.15, 0.2) is 30.0 Å². The highest BCUT2D eigenvalue weighted by Crippen LogP contribution is 2.42. The average Bonchev–Trinajstić information content (AvgIpc) is 2.96. The van der Waals surface area contributed by atoms with Crippen molar-refractivity contribution in [3.63, 3.8) is 0 Å². The molecular weight excluding hydrogens is 390 g/mol. The fraction of sp³-hybridized carbons (Fsp3) is 0.250. The number of anilines is 2. The summed E-state index contributed by atoms with van der Waals surface area (Å²) in [6, 6.07) is 5.38. The summed E-state index contributed by atoms with van der Waals surface area (Å²) in [6.45, 7) is 3.47. The number of hydrogen-bond acceptors (Lipinski definition) is 4. The lowest BCUT2D eigenvalue weighted by Crippen LogP contribution is -2.36. The number of benzene rings is 2. The number of ether oxygens (including phenoxy) is 1.